The molecule has 13 heavy (non-hydrogen) atoms. The van der Waals surface area contributed by atoms with E-state index in [1.165, 1.54) is 0 Å². The van der Waals surface area contributed by atoms with E-state index in [1.54, 1.807) is 0 Å². The van der Waals surface area contributed by atoms with Crippen molar-refractivity contribution in [3.63, 3.8) is 0 Å². The molecule has 0 aromatic heterocycles. The molecule has 2 bridgehead atoms. The summed E-state index contributed by atoms with van der Waals surface area (Å²) in [7, 11) is 0. The third-order valence-corrected chi connectivity index (χ3v) is 2.22. The summed E-state index contributed by atoms with van der Waals surface area (Å²) in [5.41, 5.74) is 0. The Morgan fingerprint density at radius 3 is 2.08 bits per heavy atom. The minimum absolute atomic E-state index is 0.382. The van der Waals surface area contributed by atoms with Crippen LogP contribution in [0.25, 0.3) is 0 Å². The van der Waals surface area contributed by atoms with Crippen molar-refractivity contribution in [2.75, 3.05) is 33.5 Å². The molecule has 2 aliphatic heterocycles. The second-order valence-corrected chi connectivity index (χ2v) is 3.28. The van der Waals surface area contributed by atoms with Crippen molar-refractivity contribution in [1.29, 1.82) is 0 Å². The molecule has 0 saturated carbocycles. The molecule has 2 aliphatic rings. The van der Waals surface area contributed by atoms with E-state index in [4.69, 9.17) is 19.6 Å². The molecule has 1 unspecified atom stereocenters. The summed E-state index contributed by atoms with van der Waals surface area (Å²) in [6.07, 6.45) is 0. The van der Waals surface area contributed by atoms with E-state index in [0.29, 0.717) is 33.0 Å². The van der Waals surface area contributed by atoms with Crippen LogP contribution in [0.5, 0.6) is 0 Å². The van der Waals surface area contributed by atoms with E-state index >= 15 is 0 Å². The Balaban J connectivity index is 2.01. The Bertz CT molecular complexity index is 157. The molecule has 0 amide bonds. The van der Waals surface area contributed by atoms with Crippen LogP contribution in [0.2, 0.25) is 0 Å². The molecule has 6 nitrogen and oxygen atoms in total. The second kappa shape index (κ2) is 4.32. The van der Waals surface area contributed by atoms with Crippen LogP contribution < -0.4 is 0 Å². The van der Waals surface area contributed by atoms with Gasteiger partial charge in [0.25, 0.3) is 0 Å². The van der Waals surface area contributed by atoms with E-state index in [0.717, 1.165) is 6.54 Å². The molecule has 1 atom stereocenters. The quantitative estimate of drug-likeness (QED) is 0.490. The van der Waals surface area contributed by atoms with Crippen LogP contribution in [-0.2, 0) is 19.6 Å². The minimum atomic E-state index is 0.382. The highest BCUT2D eigenvalue weighted by molar-refractivity contribution is 4.67. The lowest BCUT2D eigenvalue weighted by molar-refractivity contribution is -0.410. The van der Waals surface area contributed by atoms with Gasteiger partial charge in [0.2, 0.25) is 0 Å². The fourth-order valence-electron chi connectivity index (χ4n) is 1.36. The first-order valence-corrected chi connectivity index (χ1v) is 4.31. The molecule has 0 radical (unpaired) electrons. The zero-order chi connectivity index (χ0) is 9.10. The van der Waals surface area contributed by atoms with Gasteiger partial charge >= 0.3 is 0 Å². The van der Waals surface area contributed by atoms with Gasteiger partial charge in [0, 0.05) is 12.6 Å². The highest BCUT2D eigenvalue weighted by Crippen LogP contribution is 2.09. The zero-order valence-electron chi connectivity index (χ0n) is 7.64. The van der Waals surface area contributed by atoms with E-state index in [1.807, 2.05) is 9.80 Å². The van der Waals surface area contributed by atoms with Crippen molar-refractivity contribution in [3.8, 4) is 0 Å². The number of hydrogen-bond acceptors (Lipinski definition) is 6. The van der Waals surface area contributed by atoms with Crippen molar-refractivity contribution in [3.05, 3.63) is 0 Å². The van der Waals surface area contributed by atoms with Gasteiger partial charge in [-0.25, -0.2) is 24.5 Å². The fraction of sp³-hybridized carbons (Fsp3) is 1.00. The van der Waals surface area contributed by atoms with Crippen molar-refractivity contribution in [2.45, 2.75) is 13.0 Å². The fourth-order valence-corrected chi connectivity index (χ4v) is 1.36. The lowest BCUT2D eigenvalue weighted by Gasteiger charge is -2.36. The molecule has 2 rings (SSSR count). The smallest absolute Gasteiger partial charge is 0.137 e. The standard InChI is InChI=1S/C7H14N2O4/c1-7-2-8-3-10-12-5-9(7)6-13-11-4-8/h7H,2-6H2,1H3. The first kappa shape index (κ1) is 9.32. The Labute approximate surface area is 76.7 Å². The number of nitrogens with zero attached hydrogens (tertiary/aromatic N) is 2. The number of rotatable bonds is 0. The molecule has 2 saturated heterocycles. The average Bonchev–Trinajstić information content (AvgIpc) is 2.11. The van der Waals surface area contributed by atoms with E-state index in [9.17, 15) is 0 Å². The van der Waals surface area contributed by atoms with Crippen LogP contribution in [-0.4, -0.2) is 49.3 Å². The van der Waals surface area contributed by atoms with Crippen molar-refractivity contribution in [1.82, 2.24) is 9.80 Å². The Kier molecular flexibility index (Phi) is 3.09. The summed E-state index contributed by atoms with van der Waals surface area (Å²) in [4.78, 5) is 23.8. The molecule has 0 aliphatic carbocycles. The summed E-state index contributed by atoms with van der Waals surface area (Å²) in [6, 6.07) is 0.382. The van der Waals surface area contributed by atoms with E-state index in [2.05, 4.69) is 6.92 Å². The van der Waals surface area contributed by atoms with Crippen molar-refractivity contribution >= 4 is 0 Å². The minimum Gasteiger partial charge on any atom is -0.251 e. The summed E-state index contributed by atoms with van der Waals surface area (Å²) in [5.74, 6) is 0. The Hall–Kier alpha value is -0.240. The van der Waals surface area contributed by atoms with Gasteiger partial charge in [0.1, 0.15) is 26.9 Å². The van der Waals surface area contributed by atoms with Crippen molar-refractivity contribution in [2.24, 2.45) is 0 Å². The lowest BCUT2D eigenvalue weighted by atomic mass is 10.3. The van der Waals surface area contributed by atoms with Gasteiger partial charge in [-0.15, -0.1) is 0 Å². The summed E-state index contributed by atoms with van der Waals surface area (Å²) in [5, 5.41) is 0. The molecule has 0 aromatic rings. The van der Waals surface area contributed by atoms with Crippen LogP contribution >= 0.6 is 0 Å². The SMILES string of the molecule is CC1CN2COOCN1COOC2. The molecule has 2 fully saturated rings. The van der Waals surface area contributed by atoms with E-state index in [-0.39, 0.29) is 0 Å². The largest absolute Gasteiger partial charge is 0.251 e. The molecule has 76 valence electrons. The summed E-state index contributed by atoms with van der Waals surface area (Å²) < 4.78 is 0. The maximum atomic E-state index is 4.96. The first-order valence-electron chi connectivity index (χ1n) is 4.31. The van der Waals surface area contributed by atoms with Crippen LogP contribution in [0.15, 0.2) is 0 Å². The first-order chi connectivity index (χ1) is 6.36. The van der Waals surface area contributed by atoms with Gasteiger partial charge in [-0.2, -0.15) is 0 Å². The Morgan fingerprint density at radius 2 is 1.46 bits per heavy atom. The predicted molar refractivity (Wildman–Crippen MR) is 41.8 cm³/mol. The maximum absolute atomic E-state index is 4.96. The number of hydrogen-bond donors (Lipinski definition) is 0. The number of fused-ring (bicyclic) bond motifs is 3. The molecule has 6 heteroatoms. The van der Waals surface area contributed by atoms with Gasteiger partial charge in [0.15, 0.2) is 0 Å². The van der Waals surface area contributed by atoms with Crippen LogP contribution in [0.3, 0.4) is 0 Å². The third-order valence-electron chi connectivity index (χ3n) is 2.22. The molecule has 0 spiro atoms. The normalized spacial score (nSPS) is 41.8. The predicted octanol–water partition coefficient (Wildman–Crippen LogP) is -0.268. The van der Waals surface area contributed by atoms with Gasteiger partial charge in [-0.3, -0.25) is 4.90 Å². The molecular weight excluding hydrogens is 176 g/mol. The lowest BCUT2D eigenvalue weighted by Crippen LogP contribution is -2.49. The molecule has 0 N–H and O–H groups in total. The van der Waals surface area contributed by atoms with Gasteiger partial charge in [-0.1, -0.05) is 0 Å². The molecular formula is C7H14N2O4. The van der Waals surface area contributed by atoms with Gasteiger partial charge in [0.05, 0.1) is 0 Å². The third kappa shape index (κ3) is 2.37. The second-order valence-electron chi connectivity index (χ2n) is 3.28. The topological polar surface area (TPSA) is 43.4 Å². The Morgan fingerprint density at radius 1 is 0.923 bits per heavy atom. The summed E-state index contributed by atoms with van der Waals surface area (Å²) >= 11 is 0. The van der Waals surface area contributed by atoms with E-state index < -0.39 is 0 Å². The highest BCUT2D eigenvalue weighted by atomic mass is 17.2. The van der Waals surface area contributed by atoms with Crippen LogP contribution in [0, 0.1) is 0 Å². The summed E-state index contributed by atoms with van der Waals surface area (Å²) in [6.45, 7) is 4.68. The van der Waals surface area contributed by atoms with Gasteiger partial charge in [-0.05, 0) is 6.92 Å². The molecule has 0 aromatic carbocycles. The van der Waals surface area contributed by atoms with Crippen molar-refractivity contribution < 1.29 is 19.6 Å². The van der Waals surface area contributed by atoms with Crippen LogP contribution in [0.4, 0.5) is 0 Å². The average molecular weight is 190 g/mol. The van der Waals surface area contributed by atoms with Gasteiger partial charge < -0.3 is 0 Å². The molecule has 2 heterocycles. The monoisotopic (exact) mass is 190 g/mol. The van der Waals surface area contributed by atoms with Crippen LogP contribution in [0.1, 0.15) is 6.92 Å². The maximum Gasteiger partial charge on any atom is 0.137 e. The highest BCUT2D eigenvalue weighted by Gasteiger charge is 2.23. The zero-order valence-corrected chi connectivity index (χ0v) is 7.64.